The zero-order valence-corrected chi connectivity index (χ0v) is 11.2. The second-order valence-corrected chi connectivity index (χ2v) is 5.76. The van der Waals surface area contributed by atoms with Crippen LogP contribution < -0.4 is 10.2 Å². The normalized spacial score (nSPS) is 16.5. The zero-order chi connectivity index (χ0) is 13.2. The molecule has 0 aliphatic heterocycles. The molecule has 100 valence electrons. The molecule has 1 aliphatic rings. The van der Waals surface area contributed by atoms with Crippen LogP contribution in [0.15, 0.2) is 34.4 Å². The summed E-state index contributed by atoms with van der Waals surface area (Å²) >= 11 is 1.18. The molecule has 1 heterocycles. The number of thiazole rings is 1. The van der Waals surface area contributed by atoms with Gasteiger partial charge in [-0.1, -0.05) is 23.5 Å². The first-order valence-corrected chi connectivity index (χ1v) is 7.26. The van der Waals surface area contributed by atoms with Gasteiger partial charge in [0.25, 0.3) is 0 Å². The van der Waals surface area contributed by atoms with Gasteiger partial charge in [-0.05, 0) is 36.5 Å². The number of rotatable bonds is 5. The van der Waals surface area contributed by atoms with Gasteiger partial charge in [-0.2, -0.15) is 0 Å². The number of aromatic amines is 1. The van der Waals surface area contributed by atoms with E-state index < -0.39 is 0 Å². The monoisotopic (exact) mass is 278 g/mol. The van der Waals surface area contributed by atoms with Gasteiger partial charge in [-0.25, -0.2) is 4.39 Å². The van der Waals surface area contributed by atoms with Gasteiger partial charge in [0.2, 0.25) is 0 Å². The number of hydrogen-bond donors (Lipinski definition) is 2. The van der Waals surface area contributed by atoms with Crippen molar-refractivity contribution in [3.8, 4) is 0 Å². The lowest BCUT2D eigenvalue weighted by molar-refractivity contribution is 0.476. The molecule has 0 radical (unpaired) electrons. The molecule has 1 atom stereocenters. The van der Waals surface area contributed by atoms with Crippen LogP contribution in [0.1, 0.15) is 30.1 Å². The lowest BCUT2D eigenvalue weighted by atomic mass is 10.0. The SMILES string of the molecule is O=c1[nH]c(CNC(c2ccc(F)cc2)C2CC2)cs1. The standard InChI is InChI=1S/C14H15FN2OS/c15-11-5-3-10(4-6-11)13(9-1-2-9)16-7-12-8-19-14(18)17-12/h3-6,8-9,13,16H,1-2,7H2,(H,17,18). The lowest BCUT2D eigenvalue weighted by Crippen LogP contribution is -2.23. The first kappa shape index (κ1) is 12.6. The van der Waals surface area contributed by atoms with Crippen LogP contribution in [0.3, 0.4) is 0 Å². The van der Waals surface area contributed by atoms with E-state index in [4.69, 9.17) is 0 Å². The van der Waals surface area contributed by atoms with E-state index in [9.17, 15) is 9.18 Å². The first-order valence-electron chi connectivity index (χ1n) is 6.38. The Kier molecular flexibility index (Phi) is 3.48. The van der Waals surface area contributed by atoms with E-state index in [1.54, 1.807) is 0 Å². The van der Waals surface area contributed by atoms with Crippen LogP contribution in [0.5, 0.6) is 0 Å². The van der Waals surface area contributed by atoms with Gasteiger partial charge >= 0.3 is 4.87 Å². The van der Waals surface area contributed by atoms with Gasteiger partial charge in [0.05, 0.1) is 0 Å². The van der Waals surface area contributed by atoms with Crippen LogP contribution in [-0.2, 0) is 6.54 Å². The van der Waals surface area contributed by atoms with Crippen molar-refractivity contribution in [1.82, 2.24) is 10.3 Å². The number of benzene rings is 1. The Hall–Kier alpha value is -1.46. The maximum atomic E-state index is 13.0. The van der Waals surface area contributed by atoms with Crippen molar-refractivity contribution < 1.29 is 4.39 Å². The smallest absolute Gasteiger partial charge is 0.304 e. The fourth-order valence-electron chi connectivity index (χ4n) is 2.28. The minimum atomic E-state index is -0.208. The molecule has 0 saturated heterocycles. The number of aromatic nitrogens is 1. The molecular weight excluding hydrogens is 263 g/mol. The molecule has 1 saturated carbocycles. The van der Waals surface area contributed by atoms with Crippen molar-refractivity contribution in [2.24, 2.45) is 5.92 Å². The number of hydrogen-bond acceptors (Lipinski definition) is 3. The fraction of sp³-hybridized carbons (Fsp3) is 0.357. The summed E-state index contributed by atoms with van der Waals surface area (Å²) in [5, 5.41) is 5.30. The van der Waals surface area contributed by atoms with Crippen LogP contribution in [0.2, 0.25) is 0 Å². The van der Waals surface area contributed by atoms with Gasteiger partial charge in [-0.3, -0.25) is 4.79 Å². The molecule has 19 heavy (non-hydrogen) atoms. The second-order valence-electron chi connectivity index (χ2n) is 4.92. The van der Waals surface area contributed by atoms with E-state index in [1.165, 1.54) is 36.3 Å². The highest BCUT2D eigenvalue weighted by Gasteiger charge is 2.31. The minimum Gasteiger partial charge on any atom is -0.315 e. The molecule has 2 N–H and O–H groups in total. The van der Waals surface area contributed by atoms with Crippen LogP contribution in [0, 0.1) is 11.7 Å². The van der Waals surface area contributed by atoms with Crippen molar-refractivity contribution >= 4 is 11.3 Å². The molecule has 1 unspecified atom stereocenters. The third-order valence-electron chi connectivity index (χ3n) is 3.41. The minimum absolute atomic E-state index is 0.0263. The molecule has 5 heteroatoms. The lowest BCUT2D eigenvalue weighted by Gasteiger charge is -2.18. The maximum Gasteiger partial charge on any atom is 0.304 e. The summed E-state index contributed by atoms with van der Waals surface area (Å²) in [5.74, 6) is 0.413. The Morgan fingerprint density at radius 2 is 2.11 bits per heavy atom. The average molecular weight is 278 g/mol. The molecule has 1 fully saturated rings. The van der Waals surface area contributed by atoms with Crippen molar-refractivity contribution in [3.05, 3.63) is 56.4 Å². The summed E-state index contributed by atoms with van der Waals surface area (Å²) < 4.78 is 13.0. The van der Waals surface area contributed by atoms with Crippen LogP contribution in [-0.4, -0.2) is 4.98 Å². The predicted molar refractivity (Wildman–Crippen MR) is 73.6 cm³/mol. The molecule has 0 bridgehead atoms. The number of H-pyrrole nitrogens is 1. The fourth-order valence-corrected chi connectivity index (χ4v) is 2.86. The molecule has 1 aliphatic carbocycles. The van der Waals surface area contributed by atoms with Crippen molar-refractivity contribution in [1.29, 1.82) is 0 Å². The molecule has 2 aromatic rings. The largest absolute Gasteiger partial charge is 0.315 e. The van der Waals surface area contributed by atoms with Crippen molar-refractivity contribution in [2.45, 2.75) is 25.4 Å². The summed E-state index contributed by atoms with van der Waals surface area (Å²) in [6, 6.07) is 6.91. The summed E-state index contributed by atoms with van der Waals surface area (Å²) in [7, 11) is 0. The quantitative estimate of drug-likeness (QED) is 0.883. The molecule has 1 aromatic heterocycles. The highest BCUT2D eigenvalue weighted by molar-refractivity contribution is 7.07. The summed E-state index contributed by atoms with van der Waals surface area (Å²) in [6.45, 7) is 0.636. The third-order valence-corrected chi connectivity index (χ3v) is 4.12. The predicted octanol–water partition coefficient (Wildman–Crippen LogP) is 2.82. The van der Waals surface area contributed by atoms with E-state index in [0.717, 1.165) is 11.3 Å². The Balaban J connectivity index is 1.71. The average Bonchev–Trinajstić information content (AvgIpc) is 3.15. The zero-order valence-electron chi connectivity index (χ0n) is 10.4. The van der Waals surface area contributed by atoms with E-state index in [0.29, 0.717) is 12.5 Å². The summed E-state index contributed by atoms with van der Waals surface area (Å²) in [4.78, 5) is 13.8. The topological polar surface area (TPSA) is 44.9 Å². The Labute approximate surface area is 114 Å². The number of nitrogens with one attached hydrogen (secondary N) is 2. The first-order chi connectivity index (χ1) is 9.22. The Morgan fingerprint density at radius 1 is 1.37 bits per heavy atom. The molecule has 3 nitrogen and oxygen atoms in total. The van der Waals surface area contributed by atoms with Crippen molar-refractivity contribution in [3.63, 3.8) is 0 Å². The second kappa shape index (κ2) is 5.27. The van der Waals surface area contributed by atoms with E-state index in [-0.39, 0.29) is 16.7 Å². The van der Waals surface area contributed by atoms with Gasteiger partial charge in [0.15, 0.2) is 0 Å². The molecular formula is C14H15FN2OS. The maximum absolute atomic E-state index is 13.0. The third kappa shape index (κ3) is 3.11. The van der Waals surface area contributed by atoms with Gasteiger partial charge in [0.1, 0.15) is 5.82 Å². The highest BCUT2D eigenvalue weighted by atomic mass is 32.1. The molecule has 0 amide bonds. The van der Waals surface area contributed by atoms with E-state index in [2.05, 4.69) is 10.3 Å². The van der Waals surface area contributed by atoms with Crippen LogP contribution in [0.4, 0.5) is 4.39 Å². The molecule has 0 spiro atoms. The Bertz CT molecular complexity index is 600. The highest BCUT2D eigenvalue weighted by Crippen LogP contribution is 2.41. The summed E-state index contributed by atoms with van der Waals surface area (Å²) in [6.07, 6.45) is 2.41. The van der Waals surface area contributed by atoms with Gasteiger partial charge in [0, 0.05) is 23.7 Å². The number of halogens is 1. The van der Waals surface area contributed by atoms with Gasteiger partial charge in [-0.15, -0.1) is 0 Å². The van der Waals surface area contributed by atoms with Crippen molar-refractivity contribution in [2.75, 3.05) is 0 Å². The molecule has 1 aromatic carbocycles. The van der Waals surface area contributed by atoms with Gasteiger partial charge < -0.3 is 10.3 Å². The van der Waals surface area contributed by atoms with E-state index >= 15 is 0 Å². The van der Waals surface area contributed by atoms with E-state index in [1.807, 2.05) is 17.5 Å². The Morgan fingerprint density at radius 3 is 2.68 bits per heavy atom. The summed E-state index contributed by atoms with van der Waals surface area (Å²) in [5.41, 5.74) is 2.02. The molecule has 3 rings (SSSR count). The van der Waals surface area contributed by atoms with Crippen LogP contribution >= 0.6 is 11.3 Å². The van der Waals surface area contributed by atoms with Crippen LogP contribution in [0.25, 0.3) is 0 Å².